The lowest BCUT2D eigenvalue weighted by Crippen LogP contribution is -2.03. The summed E-state index contributed by atoms with van der Waals surface area (Å²) in [4.78, 5) is 12.6. The highest BCUT2D eigenvalue weighted by atomic mass is 16.3. The van der Waals surface area contributed by atoms with Crippen LogP contribution in [0.1, 0.15) is 35.0 Å². The van der Waals surface area contributed by atoms with Gasteiger partial charge in [-0.2, -0.15) is 0 Å². The lowest BCUT2D eigenvalue weighted by Gasteiger charge is -2.02. The molecular formula is C19H18O2. The third-order valence-electron chi connectivity index (χ3n) is 3.75. The summed E-state index contributed by atoms with van der Waals surface area (Å²) in [5, 5.41) is 0.937. The van der Waals surface area contributed by atoms with E-state index in [1.807, 2.05) is 49.4 Å². The molecule has 3 aromatic rings. The molecule has 0 saturated heterocycles. The van der Waals surface area contributed by atoms with Crippen LogP contribution in [0.2, 0.25) is 0 Å². The first kappa shape index (κ1) is 13.6. The molecule has 0 bridgehead atoms. The smallest absolute Gasteiger partial charge is 0.167 e. The largest absolute Gasteiger partial charge is 0.460 e. The van der Waals surface area contributed by atoms with E-state index < -0.39 is 0 Å². The second-order valence-electron chi connectivity index (χ2n) is 5.16. The Kier molecular flexibility index (Phi) is 3.87. The molecule has 2 aromatic carbocycles. The van der Waals surface area contributed by atoms with Crippen LogP contribution in [0.5, 0.6) is 0 Å². The normalized spacial score (nSPS) is 10.9. The van der Waals surface area contributed by atoms with Crippen molar-refractivity contribution in [2.75, 3.05) is 0 Å². The van der Waals surface area contributed by atoms with Crippen molar-refractivity contribution in [1.29, 1.82) is 0 Å². The zero-order valence-electron chi connectivity index (χ0n) is 12.1. The highest BCUT2D eigenvalue weighted by molar-refractivity contribution is 6.08. The predicted octanol–water partition coefficient (Wildman–Crippen LogP) is 4.81. The number of hydrogen-bond acceptors (Lipinski definition) is 2. The maximum absolute atomic E-state index is 12.6. The van der Waals surface area contributed by atoms with Crippen molar-refractivity contribution in [3.8, 4) is 0 Å². The molecule has 0 aliphatic heterocycles. The van der Waals surface area contributed by atoms with Crippen LogP contribution in [0.3, 0.4) is 0 Å². The molecule has 106 valence electrons. The van der Waals surface area contributed by atoms with Gasteiger partial charge in [0.05, 0.1) is 5.56 Å². The summed E-state index contributed by atoms with van der Waals surface area (Å²) in [5.74, 6) is 0.968. The van der Waals surface area contributed by atoms with Gasteiger partial charge in [-0.05, 0) is 18.1 Å². The summed E-state index contributed by atoms with van der Waals surface area (Å²) < 4.78 is 5.80. The quantitative estimate of drug-likeness (QED) is 0.627. The van der Waals surface area contributed by atoms with Gasteiger partial charge < -0.3 is 4.42 Å². The molecule has 0 aliphatic carbocycles. The fourth-order valence-corrected chi connectivity index (χ4v) is 2.68. The van der Waals surface area contributed by atoms with E-state index in [2.05, 4.69) is 12.1 Å². The number of hydrogen-bond donors (Lipinski definition) is 0. The van der Waals surface area contributed by atoms with E-state index in [0.29, 0.717) is 6.42 Å². The van der Waals surface area contributed by atoms with E-state index >= 15 is 0 Å². The predicted molar refractivity (Wildman–Crippen MR) is 84.7 cm³/mol. The standard InChI is InChI=1S/C19H18O2/c1-2-17-19(15-10-6-7-11-18(15)21-17)16(20)13-12-14-8-4-3-5-9-14/h3-11H,2,12-13H2,1H3. The Balaban J connectivity index is 1.87. The maximum atomic E-state index is 12.6. The van der Waals surface area contributed by atoms with E-state index in [4.69, 9.17) is 4.42 Å². The third kappa shape index (κ3) is 2.75. The number of Topliss-reactive ketones (excluding diaryl/α,β-unsaturated/α-hetero) is 1. The number of ketones is 1. The Labute approximate surface area is 124 Å². The second-order valence-corrected chi connectivity index (χ2v) is 5.16. The summed E-state index contributed by atoms with van der Waals surface area (Å²) in [6.07, 6.45) is 2.02. The van der Waals surface area contributed by atoms with Crippen LogP contribution in [-0.2, 0) is 12.8 Å². The monoisotopic (exact) mass is 278 g/mol. The topological polar surface area (TPSA) is 30.2 Å². The minimum absolute atomic E-state index is 0.167. The van der Waals surface area contributed by atoms with Crippen molar-refractivity contribution in [2.24, 2.45) is 0 Å². The highest BCUT2D eigenvalue weighted by Gasteiger charge is 2.18. The first-order valence-electron chi connectivity index (χ1n) is 7.37. The van der Waals surface area contributed by atoms with Crippen molar-refractivity contribution in [1.82, 2.24) is 0 Å². The van der Waals surface area contributed by atoms with Crippen LogP contribution < -0.4 is 0 Å². The number of furan rings is 1. The Morgan fingerprint density at radius 2 is 1.71 bits per heavy atom. The zero-order chi connectivity index (χ0) is 14.7. The fraction of sp³-hybridized carbons (Fsp3) is 0.211. The van der Waals surface area contributed by atoms with Gasteiger partial charge in [0, 0.05) is 18.2 Å². The van der Waals surface area contributed by atoms with Gasteiger partial charge in [-0.3, -0.25) is 4.79 Å². The molecule has 0 radical (unpaired) electrons. The Bertz CT molecular complexity index is 754. The molecule has 0 fully saturated rings. The van der Waals surface area contributed by atoms with Gasteiger partial charge in [-0.15, -0.1) is 0 Å². The van der Waals surface area contributed by atoms with E-state index in [1.54, 1.807) is 0 Å². The van der Waals surface area contributed by atoms with Gasteiger partial charge in [-0.25, -0.2) is 0 Å². The summed E-state index contributed by atoms with van der Waals surface area (Å²) in [6.45, 7) is 2.02. The number of aryl methyl sites for hydroxylation is 2. The lowest BCUT2D eigenvalue weighted by atomic mass is 9.99. The SMILES string of the molecule is CCc1oc2ccccc2c1C(=O)CCc1ccccc1. The summed E-state index contributed by atoms with van der Waals surface area (Å²) in [7, 11) is 0. The highest BCUT2D eigenvalue weighted by Crippen LogP contribution is 2.27. The first-order chi connectivity index (χ1) is 10.3. The Morgan fingerprint density at radius 3 is 2.48 bits per heavy atom. The molecule has 0 N–H and O–H groups in total. The van der Waals surface area contributed by atoms with Crippen molar-refractivity contribution < 1.29 is 9.21 Å². The first-order valence-corrected chi connectivity index (χ1v) is 7.37. The minimum Gasteiger partial charge on any atom is -0.460 e. The van der Waals surface area contributed by atoms with E-state index in [9.17, 15) is 4.79 Å². The molecule has 2 nitrogen and oxygen atoms in total. The van der Waals surface area contributed by atoms with Gasteiger partial charge in [0.2, 0.25) is 0 Å². The molecule has 1 aromatic heterocycles. The average molecular weight is 278 g/mol. The van der Waals surface area contributed by atoms with E-state index in [1.165, 1.54) is 5.56 Å². The molecule has 0 unspecified atom stereocenters. The number of rotatable bonds is 5. The van der Waals surface area contributed by atoms with Gasteiger partial charge in [-0.1, -0.05) is 55.5 Å². The number of fused-ring (bicyclic) bond motifs is 1. The van der Waals surface area contributed by atoms with Crippen LogP contribution >= 0.6 is 0 Å². The summed E-state index contributed by atoms with van der Waals surface area (Å²) in [5.41, 5.74) is 2.76. The molecule has 0 spiro atoms. The molecule has 3 rings (SSSR count). The van der Waals surface area contributed by atoms with E-state index in [0.717, 1.165) is 35.1 Å². The molecule has 0 saturated carbocycles. The lowest BCUT2D eigenvalue weighted by molar-refractivity contribution is 0.0982. The second kappa shape index (κ2) is 5.96. The molecule has 21 heavy (non-hydrogen) atoms. The zero-order valence-corrected chi connectivity index (χ0v) is 12.1. The number of para-hydroxylation sites is 1. The molecular weight excluding hydrogens is 260 g/mol. The van der Waals surface area contributed by atoms with Crippen LogP contribution in [0.25, 0.3) is 11.0 Å². The van der Waals surface area contributed by atoms with Crippen LogP contribution in [0.15, 0.2) is 59.0 Å². The van der Waals surface area contributed by atoms with Gasteiger partial charge in [0.15, 0.2) is 5.78 Å². The molecule has 1 heterocycles. The van der Waals surface area contributed by atoms with Crippen molar-refractivity contribution in [3.63, 3.8) is 0 Å². The molecule has 0 amide bonds. The third-order valence-corrected chi connectivity index (χ3v) is 3.75. The average Bonchev–Trinajstić information content (AvgIpc) is 2.92. The van der Waals surface area contributed by atoms with Crippen molar-refractivity contribution in [3.05, 3.63) is 71.5 Å². The maximum Gasteiger partial charge on any atom is 0.167 e. The number of carbonyl (C=O) groups is 1. The Hall–Kier alpha value is -2.35. The minimum atomic E-state index is 0.167. The van der Waals surface area contributed by atoms with Gasteiger partial charge in [0.1, 0.15) is 11.3 Å². The van der Waals surface area contributed by atoms with Crippen molar-refractivity contribution >= 4 is 16.8 Å². The fourth-order valence-electron chi connectivity index (χ4n) is 2.68. The van der Waals surface area contributed by atoms with Crippen LogP contribution in [0.4, 0.5) is 0 Å². The van der Waals surface area contributed by atoms with Gasteiger partial charge >= 0.3 is 0 Å². The number of benzene rings is 2. The molecule has 0 atom stereocenters. The molecule has 2 heteroatoms. The summed E-state index contributed by atoms with van der Waals surface area (Å²) >= 11 is 0. The number of carbonyl (C=O) groups excluding carboxylic acids is 1. The van der Waals surface area contributed by atoms with Crippen LogP contribution in [-0.4, -0.2) is 5.78 Å². The molecule has 0 aliphatic rings. The Morgan fingerprint density at radius 1 is 1.00 bits per heavy atom. The van der Waals surface area contributed by atoms with Gasteiger partial charge in [0.25, 0.3) is 0 Å². The van der Waals surface area contributed by atoms with E-state index in [-0.39, 0.29) is 5.78 Å². The summed E-state index contributed by atoms with van der Waals surface area (Å²) in [6, 6.07) is 17.9. The van der Waals surface area contributed by atoms with Crippen molar-refractivity contribution in [2.45, 2.75) is 26.2 Å². The van der Waals surface area contributed by atoms with Crippen LogP contribution in [0, 0.1) is 0 Å².